The molecule has 1 N–H and O–H groups in total. The maximum absolute atomic E-state index is 12.9. The fourth-order valence-corrected chi connectivity index (χ4v) is 5.33. The molecule has 8 atom stereocenters. The van der Waals surface area contributed by atoms with Crippen LogP contribution >= 0.6 is 0 Å². The molecule has 31 heavy (non-hydrogen) atoms. The van der Waals surface area contributed by atoms with Gasteiger partial charge in [0.1, 0.15) is 6.10 Å². The molecule has 5 nitrogen and oxygen atoms in total. The zero-order chi connectivity index (χ0) is 22.8. The van der Waals surface area contributed by atoms with E-state index in [9.17, 15) is 9.90 Å². The summed E-state index contributed by atoms with van der Waals surface area (Å²) in [5.41, 5.74) is 0.852. The van der Waals surface area contributed by atoms with E-state index in [1.165, 1.54) is 5.57 Å². The van der Waals surface area contributed by atoms with Crippen molar-refractivity contribution in [3.63, 3.8) is 0 Å². The van der Waals surface area contributed by atoms with Gasteiger partial charge in [-0.3, -0.25) is 4.79 Å². The number of fused-ring (bicyclic) bond motifs is 1. The van der Waals surface area contributed by atoms with Crippen molar-refractivity contribution in [1.82, 2.24) is 0 Å². The third-order valence-corrected chi connectivity index (χ3v) is 7.72. The predicted octanol–water partition coefficient (Wildman–Crippen LogP) is 5.03. The number of hydrogen-bond acceptors (Lipinski definition) is 5. The number of hydrogen-bond donors (Lipinski definition) is 1. The Balaban J connectivity index is 1.75. The van der Waals surface area contributed by atoms with E-state index < -0.39 is 5.41 Å². The normalized spacial score (nSPS) is 38.4. The summed E-state index contributed by atoms with van der Waals surface area (Å²) >= 11 is 0. The lowest BCUT2D eigenvalue weighted by Crippen LogP contribution is -2.43. The maximum Gasteiger partial charge on any atom is 0.311 e. The van der Waals surface area contributed by atoms with Crippen LogP contribution in [0.1, 0.15) is 73.1 Å². The molecule has 3 aliphatic rings. The summed E-state index contributed by atoms with van der Waals surface area (Å²) in [5, 5.41) is 10.2. The second-order valence-electron chi connectivity index (χ2n) is 10.6. The molecule has 1 saturated heterocycles. The number of rotatable bonds is 7. The Morgan fingerprint density at radius 2 is 1.97 bits per heavy atom. The molecule has 0 aromatic heterocycles. The molecule has 0 bridgehead atoms. The summed E-state index contributed by atoms with van der Waals surface area (Å²) in [6.07, 6.45) is 10.8. The Morgan fingerprint density at radius 3 is 2.65 bits per heavy atom. The van der Waals surface area contributed by atoms with Gasteiger partial charge in [0.2, 0.25) is 0 Å². The fourth-order valence-electron chi connectivity index (χ4n) is 5.33. The Bertz CT molecular complexity index is 681. The van der Waals surface area contributed by atoms with Crippen LogP contribution in [-0.4, -0.2) is 42.8 Å². The van der Waals surface area contributed by atoms with Gasteiger partial charge in [0, 0.05) is 19.4 Å². The van der Waals surface area contributed by atoms with Crippen molar-refractivity contribution in [2.75, 3.05) is 7.11 Å². The highest BCUT2D eigenvalue weighted by molar-refractivity contribution is 5.76. The molecular weight excluding hydrogens is 392 g/mol. The molecule has 0 unspecified atom stereocenters. The van der Waals surface area contributed by atoms with E-state index in [1.807, 2.05) is 20.8 Å². The smallest absolute Gasteiger partial charge is 0.311 e. The molecule has 0 spiro atoms. The van der Waals surface area contributed by atoms with Crippen LogP contribution in [0.15, 0.2) is 23.8 Å². The van der Waals surface area contributed by atoms with Crippen LogP contribution in [0.25, 0.3) is 0 Å². The highest BCUT2D eigenvalue weighted by Gasteiger charge is 2.43. The highest BCUT2D eigenvalue weighted by Crippen LogP contribution is 2.45. The monoisotopic (exact) mass is 434 g/mol. The van der Waals surface area contributed by atoms with Crippen molar-refractivity contribution >= 4 is 5.97 Å². The predicted molar refractivity (Wildman–Crippen MR) is 121 cm³/mol. The lowest BCUT2D eigenvalue weighted by atomic mass is 9.65. The van der Waals surface area contributed by atoms with Crippen molar-refractivity contribution in [2.45, 2.75) is 97.7 Å². The minimum absolute atomic E-state index is 0.00164. The van der Waals surface area contributed by atoms with Gasteiger partial charge in [-0.2, -0.15) is 0 Å². The quantitative estimate of drug-likeness (QED) is 0.569. The Hall–Kier alpha value is -1.17. The summed E-state index contributed by atoms with van der Waals surface area (Å²) in [6, 6.07) is 0. The highest BCUT2D eigenvalue weighted by atomic mass is 16.7. The minimum atomic E-state index is -0.461. The van der Waals surface area contributed by atoms with E-state index >= 15 is 0 Å². The van der Waals surface area contributed by atoms with E-state index in [-0.39, 0.29) is 36.5 Å². The summed E-state index contributed by atoms with van der Waals surface area (Å²) in [6.45, 7) is 10.4. The average molecular weight is 435 g/mol. The molecule has 0 amide bonds. The molecule has 3 rings (SSSR count). The summed E-state index contributed by atoms with van der Waals surface area (Å²) < 4.78 is 17.6. The first-order valence-corrected chi connectivity index (χ1v) is 12.1. The maximum atomic E-state index is 12.9. The number of methoxy groups -OCH3 is 1. The molecule has 0 saturated carbocycles. The zero-order valence-corrected chi connectivity index (χ0v) is 20.2. The van der Waals surface area contributed by atoms with Gasteiger partial charge < -0.3 is 19.3 Å². The van der Waals surface area contributed by atoms with Crippen molar-refractivity contribution in [2.24, 2.45) is 29.1 Å². The summed E-state index contributed by atoms with van der Waals surface area (Å²) in [7, 11) is 1.63. The van der Waals surface area contributed by atoms with E-state index in [1.54, 1.807) is 7.11 Å². The van der Waals surface area contributed by atoms with Crippen molar-refractivity contribution in [3.8, 4) is 0 Å². The van der Waals surface area contributed by atoms with Crippen LogP contribution in [0.4, 0.5) is 0 Å². The van der Waals surface area contributed by atoms with Crippen LogP contribution in [0, 0.1) is 29.1 Å². The van der Waals surface area contributed by atoms with Gasteiger partial charge in [-0.15, -0.1) is 0 Å². The second-order valence-corrected chi connectivity index (χ2v) is 10.6. The van der Waals surface area contributed by atoms with Gasteiger partial charge in [0.25, 0.3) is 0 Å². The molecule has 0 aromatic carbocycles. The first-order valence-electron chi connectivity index (χ1n) is 12.1. The number of allylic oxidation sites excluding steroid dienone is 3. The average Bonchev–Trinajstić information content (AvgIpc) is 2.72. The molecular formula is C26H42O5. The third-order valence-electron chi connectivity index (χ3n) is 7.72. The molecule has 0 aromatic rings. The molecule has 0 radical (unpaired) electrons. The Kier molecular flexibility index (Phi) is 8.04. The molecule has 1 fully saturated rings. The van der Waals surface area contributed by atoms with Crippen molar-refractivity contribution in [3.05, 3.63) is 23.8 Å². The van der Waals surface area contributed by atoms with Gasteiger partial charge in [-0.1, -0.05) is 39.0 Å². The van der Waals surface area contributed by atoms with Gasteiger partial charge in [0.05, 0.1) is 17.6 Å². The van der Waals surface area contributed by atoms with E-state index in [0.29, 0.717) is 30.6 Å². The van der Waals surface area contributed by atoms with E-state index in [4.69, 9.17) is 14.2 Å². The van der Waals surface area contributed by atoms with Crippen LogP contribution in [0.5, 0.6) is 0 Å². The van der Waals surface area contributed by atoms with Gasteiger partial charge in [-0.05, 0) is 69.3 Å². The first kappa shape index (κ1) is 24.5. The summed E-state index contributed by atoms with van der Waals surface area (Å²) in [4.78, 5) is 12.9. The number of aliphatic hydroxyl groups excluding tert-OH is 1. The second kappa shape index (κ2) is 10.2. The molecule has 5 heteroatoms. The molecule has 1 aliphatic heterocycles. The van der Waals surface area contributed by atoms with Crippen LogP contribution < -0.4 is 0 Å². The topological polar surface area (TPSA) is 65.0 Å². The standard InChI is InChI=1S/C26H42O5/c1-7-26(4,5)25(28)31-22-13-16(2)12-18-9-8-17(3)21(24(18)22)11-10-20-14-19(27)15-23(29-6)30-20/h8-9,12,16-17,19-24,27H,7,10-11,13-15H2,1-6H3/t16-,17-,19-,20-,21-,22-,23+,24-/m1/s1. The van der Waals surface area contributed by atoms with Crippen molar-refractivity contribution < 1.29 is 24.1 Å². The molecule has 176 valence electrons. The van der Waals surface area contributed by atoms with Gasteiger partial charge in [0.15, 0.2) is 6.29 Å². The lowest BCUT2D eigenvalue weighted by Gasteiger charge is -2.44. The van der Waals surface area contributed by atoms with E-state index in [2.05, 4.69) is 32.1 Å². The molecule has 2 aliphatic carbocycles. The SMILES string of the molecule is CCC(C)(C)C(=O)O[C@@H]1C[C@H](C)C=C2C=C[C@@H](C)[C@@H](CC[C@@H]3C[C@@H](O)C[C@@H](OC)O3)[C@@H]21. The number of carbonyl (C=O) groups is 1. The minimum Gasteiger partial charge on any atom is -0.461 e. The molecule has 1 heterocycles. The van der Waals surface area contributed by atoms with Crippen molar-refractivity contribution in [1.29, 1.82) is 0 Å². The fraction of sp³-hybridized carbons (Fsp3) is 0.808. The lowest BCUT2D eigenvalue weighted by molar-refractivity contribution is -0.205. The van der Waals surface area contributed by atoms with Crippen LogP contribution in [-0.2, 0) is 19.0 Å². The Morgan fingerprint density at radius 1 is 1.23 bits per heavy atom. The van der Waals surface area contributed by atoms with Gasteiger partial charge >= 0.3 is 5.97 Å². The largest absolute Gasteiger partial charge is 0.461 e. The van der Waals surface area contributed by atoms with Gasteiger partial charge in [-0.25, -0.2) is 0 Å². The van der Waals surface area contributed by atoms with Crippen LogP contribution in [0.2, 0.25) is 0 Å². The number of carbonyl (C=O) groups excluding carboxylic acids is 1. The Labute approximate surface area is 188 Å². The number of aliphatic hydroxyl groups is 1. The summed E-state index contributed by atoms with van der Waals surface area (Å²) in [5.74, 6) is 1.32. The third kappa shape index (κ3) is 5.80. The number of esters is 1. The first-order chi connectivity index (χ1) is 14.6. The van der Waals surface area contributed by atoms with E-state index in [0.717, 1.165) is 25.7 Å². The van der Waals surface area contributed by atoms with Crippen LogP contribution in [0.3, 0.4) is 0 Å². The number of ether oxygens (including phenoxy) is 3. The zero-order valence-electron chi connectivity index (χ0n) is 20.2.